The first-order chi connectivity index (χ1) is 17.8. The summed E-state index contributed by atoms with van der Waals surface area (Å²) >= 11 is 3.32. The molecule has 0 bridgehead atoms. The number of anilines is 1. The van der Waals surface area contributed by atoms with Crippen LogP contribution in [0.15, 0.2) is 76.1 Å². The third-order valence-electron chi connectivity index (χ3n) is 5.54. The van der Waals surface area contributed by atoms with E-state index in [1.165, 1.54) is 12.1 Å². The molecule has 3 rings (SSSR count). The molecule has 0 radical (unpaired) electrons. The number of halogens is 1. The number of nitrogens with one attached hydrogen (secondary N) is 1. The van der Waals surface area contributed by atoms with Crippen molar-refractivity contribution in [2.24, 2.45) is 0 Å². The highest BCUT2D eigenvalue weighted by molar-refractivity contribution is 9.10. The van der Waals surface area contributed by atoms with E-state index in [-0.39, 0.29) is 11.4 Å². The van der Waals surface area contributed by atoms with Crippen molar-refractivity contribution in [1.82, 2.24) is 5.32 Å². The van der Waals surface area contributed by atoms with Gasteiger partial charge < -0.3 is 19.5 Å². The molecule has 0 aliphatic carbocycles. The van der Waals surface area contributed by atoms with Crippen LogP contribution in [0.3, 0.4) is 0 Å². The molecule has 0 saturated carbocycles. The molecule has 1 amide bonds. The van der Waals surface area contributed by atoms with E-state index in [1.807, 2.05) is 25.1 Å². The van der Waals surface area contributed by atoms with Gasteiger partial charge in [0.25, 0.3) is 10.0 Å². The number of benzene rings is 3. The highest BCUT2D eigenvalue weighted by atomic mass is 79.9. The van der Waals surface area contributed by atoms with Gasteiger partial charge in [-0.15, -0.1) is 0 Å². The predicted octanol–water partition coefficient (Wildman–Crippen LogP) is 4.81. The zero-order valence-electron chi connectivity index (χ0n) is 21.1. The molecule has 1 N–H and O–H groups in total. The second-order valence-electron chi connectivity index (χ2n) is 8.04. The summed E-state index contributed by atoms with van der Waals surface area (Å²) in [6, 6.07) is 18.6. The van der Waals surface area contributed by atoms with Crippen LogP contribution in [0, 0.1) is 0 Å². The quantitative estimate of drug-likeness (QED) is 0.287. The van der Waals surface area contributed by atoms with Gasteiger partial charge in [0.05, 0.1) is 31.4 Å². The Morgan fingerprint density at radius 1 is 0.946 bits per heavy atom. The number of hydrogen-bond acceptors (Lipinski definition) is 6. The Kier molecular flexibility index (Phi) is 10.2. The van der Waals surface area contributed by atoms with Crippen LogP contribution in [0.2, 0.25) is 0 Å². The van der Waals surface area contributed by atoms with Crippen molar-refractivity contribution >= 4 is 37.5 Å². The van der Waals surface area contributed by atoms with Gasteiger partial charge in [0, 0.05) is 11.0 Å². The summed E-state index contributed by atoms with van der Waals surface area (Å²) in [4.78, 5) is 12.9. The molecule has 0 aromatic heterocycles. The van der Waals surface area contributed by atoms with Gasteiger partial charge in [0.15, 0.2) is 11.5 Å². The van der Waals surface area contributed by atoms with Crippen molar-refractivity contribution in [2.45, 2.75) is 24.7 Å². The maximum absolute atomic E-state index is 13.5. The van der Waals surface area contributed by atoms with Crippen molar-refractivity contribution in [3.63, 3.8) is 0 Å². The fourth-order valence-electron chi connectivity index (χ4n) is 3.67. The average molecular weight is 592 g/mol. The number of amides is 1. The Bertz CT molecular complexity index is 1280. The molecular formula is C27H31BrN2O6S. The molecule has 0 saturated heterocycles. The van der Waals surface area contributed by atoms with Gasteiger partial charge >= 0.3 is 0 Å². The number of hydrogen-bond donors (Lipinski definition) is 1. The second kappa shape index (κ2) is 13.3. The molecule has 3 aromatic rings. The van der Waals surface area contributed by atoms with Crippen LogP contribution >= 0.6 is 15.9 Å². The summed E-state index contributed by atoms with van der Waals surface area (Å²) < 4.78 is 44.9. The number of methoxy groups -OCH3 is 2. The Morgan fingerprint density at radius 3 is 2.24 bits per heavy atom. The first-order valence-corrected chi connectivity index (χ1v) is 14.0. The fraction of sp³-hybridized carbons (Fsp3) is 0.296. The smallest absolute Gasteiger partial charge is 0.264 e. The number of nitrogens with zero attached hydrogens (tertiary/aromatic N) is 1. The second-order valence-corrected chi connectivity index (χ2v) is 10.8. The topological polar surface area (TPSA) is 94.2 Å². The van der Waals surface area contributed by atoms with Crippen molar-refractivity contribution in [3.05, 3.63) is 76.8 Å². The summed E-state index contributed by atoms with van der Waals surface area (Å²) in [5.74, 6) is 1.52. The normalized spacial score (nSPS) is 11.0. The average Bonchev–Trinajstić information content (AvgIpc) is 2.90. The Morgan fingerprint density at radius 2 is 1.62 bits per heavy atom. The molecule has 0 unspecified atom stereocenters. The zero-order chi connectivity index (χ0) is 26.8. The Labute approximate surface area is 226 Å². The molecule has 0 atom stereocenters. The third kappa shape index (κ3) is 7.62. The van der Waals surface area contributed by atoms with E-state index in [0.717, 1.165) is 14.3 Å². The molecule has 0 fully saturated rings. The minimum atomic E-state index is -3.99. The summed E-state index contributed by atoms with van der Waals surface area (Å²) in [5, 5.41) is 2.84. The standard InChI is InChI=1S/C27H31BrN2O6S/c1-4-36-23-12-10-22(11-13-23)30(37(32,33)24-14-8-21(28)9-15-24)19-27(31)29-17-5-6-20-7-16-25(34-2)26(18-20)35-3/h7-16,18H,4-6,17,19H2,1-3H3,(H,29,31). The van der Waals surface area contributed by atoms with E-state index < -0.39 is 15.9 Å². The van der Waals surface area contributed by atoms with Crippen LogP contribution < -0.4 is 23.8 Å². The van der Waals surface area contributed by atoms with Crippen LogP contribution in [-0.4, -0.2) is 48.2 Å². The van der Waals surface area contributed by atoms with Gasteiger partial charge in [-0.1, -0.05) is 22.0 Å². The molecule has 0 heterocycles. The zero-order valence-corrected chi connectivity index (χ0v) is 23.5. The monoisotopic (exact) mass is 590 g/mol. The van der Waals surface area contributed by atoms with E-state index in [4.69, 9.17) is 14.2 Å². The number of aryl methyl sites for hydroxylation is 1. The molecule has 0 aliphatic rings. The number of carbonyl (C=O) groups excluding carboxylic acids is 1. The van der Waals surface area contributed by atoms with E-state index in [1.54, 1.807) is 50.6 Å². The lowest BCUT2D eigenvalue weighted by Crippen LogP contribution is -2.41. The largest absolute Gasteiger partial charge is 0.494 e. The van der Waals surface area contributed by atoms with Crippen molar-refractivity contribution in [2.75, 3.05) is 38.2 Å². The highest BCUT2D eigenvalue weighted by Gasteiger charge is 2.27. The first-order valence-electron chi connectivity index (χ1n) is 11.8. The number of sulfonamides is 1. The molecule has 0 spiro atoms. The molecule has 8 nitrogen and oxygen atoms in total. The minimum absolute atomic E-state index is 0.0887. The van der Waals surface area contributed by atoms with Gasteiger partial charge in [-0.2, -0.15) is 0 Å². The van der Waals surface area contributed by atoms with E-state index in [9.17, 15) is 13.2 Å². The number of carbonyl (C=O) groups is 1. The highest BCUT2D eigenvalue weighted by Crippen LogP contribution is 2.28. The van der Waals surface area contributed by atoms with Crippen LogP contribution in [0.4, 0.5) is 5.69 Å². The van der Waals surface area contributed by atoms with E-state index in [2.05, 4.69) is 21.2 Å². The Hall–Kier alpha value is -3.24. The Balaban J connectivity index is 1.69. The summed E-state index contributed by atoms with van der Waals surface area (Å²) in [6.45, 7) is 2.39. The molecule has 0 aliphatic heterocycles. The van der Waals surface area contributed by atoms with Gasteiger partial charge in [-0.05, 0) is 86.0 Å². The molecule has 3 aromatic carbocycles. The van der Waals surface area contributed by atoms with Crippen LogP contribution in [0.5, 0.6) is 17.2 Å². The van der Waals surface area contributed by atoms with Gasteiger partial charge in [-0.25, -0.2) is 8.42 Å². The maximum Gasteiger partial charge on any atom is 0.264 e. The molecule has 198 valence electrons. The first kappa shape index (κ1) is 28.3. The minimum Gasteiger partial charge on any atom is -0.494 e. The van der Waals surface area contributed by atoms with Gasteiger partial charge in [0.1, 0.15) is 12.3 Å². The van der Waals surface area contributed by atoms with Gasteiger partial charge in [0.2, 0.25) is 5.91 Å². The summed E-state index contributed by atoms with van der Waals surface area (Å²) in [5.41, 5.74) is 1.41. The van der Waals surface area contributed by atoms with Crippen LogP contribution in [0.25, 0.3) is 0 Å². The molecular weight excluding hydrogens is 560 g/mol. The number of ether oxygens (including phenoxy) is 3. The van der Waals surface area contributed by atoms with Gasteiger partial charge in [-0.3, -0.25) is 9.10 Å². The summed E-state index contributed by atoms with van der Waals surface area (Å²) in [6.07, 6.45) is 1.38. The van der Waals surface area contributed by atoms with Crippen molar-refractivity contribution in [1.29, 1.82) is 0 Å². The number of rotatable bonds is 13. The lowest BCUT2D eigenvalue weighted by atomic mass is 10.1. The van der Waals surface area contributed by atoms with Crippen LogP contribution in [-0.2, 0) is 21.2 Å². The predicted molar refractivity (Wildman–Crippen MR) is 147 cm³/mol. The van der Waals surface area contributed by atoms with Crippen LogP contribution in [0.1, 0.15) is 18.9 Å². The maximum atomic E-state index is 13.5. The van der Waals surface area contributed by atoms with Crippen molar-refractivity contribution in [3.8, 4) is 17.2 Å². The molecule has 10 heteroatoms. The fourth-order valence-corrected chi connectivity index (χ4v) is 5.35. The van der Waals surface area contributed by atoms with E-state index >= 15 is 0 Å². The lowest BCUT2D eigenvalue weighted by molar-refractivity contribution is -0.119. The van der Waals surface area contributed by atoms with Crippen molar-refractivity contribution < 1.29 is 27.4 Å². The SMILES string of the molecule is CCOc1ccc(N(CC(=O)NCCCc2ccc(OC)c(OC)c2)S(=O)(=O)c2ccc(Br)cc2)cc1. The molecule has 37 heavy (non-hydrogen) atoms. The third-order valence-corrected chi connectivity index (χ3v) is 7.85. The van der Waals surface area contributed by atoms with E-state index in [0.29, 0.717) is 48.9 Å². The summed E-state index contributed by atoms with van der Waals surface area (Å²) in [7, 11) is -0.826. The lowest BCUT2D eigenvalue weighted by Gasteiger charge is -2.24.